The zero-order chi connectivity index (χ0) is 30.8. The average molecular weight is 558 g/mol. The first kappa shape index (κ1) is 41.2. The molecule has 2 amide bonds. The summed E-state index contributed by atoms with van der Waals surface area (Å²) in [6, 6.07) is -2.23. The predicted molar refractivity (Wildman–Crippen MR) is 130 cm³/mol. The number of carboxylic acids is 5. The number of nitrogens with two attached hydrogens (primary N) is 6. The minimum atomic E-state index is -1.11. The molecule has 1 rings (SSSR count). The fraction of sp³-hybridized carbons (Fsp3) is 0.632. The minimum Gasteiger partial charge on any atom is -0.480 e. The molecule has 1 saturated heterocycles. The highest BCUT2D eigenvalue weighted by molar-refractivity contribution is 5.77. The highest BCUT2D eigenvalue weighted by atomic mass is 16.4. The van der Waals surface area contributed by atoms with Crippen LogP contribution in [0, 0.1) is 0 Å². The van der Waals surface area contributed by atoms with Gasteiger partial charge in [0.15, 0.2) is 0 Å². The van der Waals surface area contributed by atoms with Crippen molar-refractivity contribution in [3.8, 4) is 0 Å². The van der Waals surface area contributed by atoms with Crippen LogP contribution in [-0.2, 0) is 33.6 Å². The van der Waals surface area contributed by atoms with E-state index in [2.05, 4.69) is 16.8 Å². The van der Waals surface area contributed by atoms with E-state index in [-0.39, 0.29) is 44.8 Å². The number of rotatable bonds is 11. The average Bonchev–Trinajstić information content (AvgIpc) is 3.37. The topological polar surface area (TPSA) is 389 Å². The molecule has 38 heavy (non-hydrogen) atoms. The maximum atomic E-state index is 10.1. The summed E-state index contributed by atoms with van der Waals surface area (Å²) in [6.45, 7) is 0.303. The molecule has 1 heterocycles. The van der Waals surface area contributed by atoms with Gasteiger partial charge in [-0.15, -0.1) is 0 Å². The second-order valence-electron chi connectivity index (χ2n) is 7.08. The maximum absolute atomic E-state index is 10.1. The van der Waals surface area contributed by atoms with Gasteiger partial charge >= 0.3 is 29.8 Å². The van der Waals surface area contributed by atoms with E-state index in [9.17, 15) is 33.6 Å². The fourth-order valence-corrected chi connectivity index (χ4v) is 1.74. The van der Waals surface area contributed by atoms with Crippen LogP contribution in [-0.4, -0.2) is 105 Å². The molecule has 1 fully saturated rings. The molecule has 19 heteroatoms. The summed E-state index contributed by atoms with van der Waals surface area (Å²) in [5, 5.41) is 42.8. The Bertz CT molecular complexity index is 698. The number of hydrogen-bond donors (Lipinski definition) is 12. The van der Waals surface area contributed by atoms with Gasteiger partial charge in [0.05, 0.1) is 13.1 Å². The van der Waals surface area contributed by atoms with Crippen LogP contribution >= 0.6 is 0 Å². The number of carbonyl (C=O) groups is 7. The van der Waals surface area contributed by atoms with Crippen molar-refractivity contribution < 1.29 is 59.1 Å². The van der Waals surface area contributed by atoms with Crippen LogP contribution in [0.2, 0.25) is 0 Å². The lowest BCUT2D eigenvalue weighted by atomic mass is 10.2. The SMILES string of the molecule is NC(=O)CC[C@H](N)C(=O)O.NC(=O)CC[C@H](N)C(=O)O.NCC(=O)O.NCC(=O)O.O=C(O)[C@@H]1CCCN1. The standard InChI is InChI=1S/2C5H10N2O3.C5H9NO2.2C2H5NO2/c2*6-3(5(9)10)1-2-4(7)8;7-5(8)4-2-1-3-6-4;2*3-1-2(4)5/h2*3H,1-2,6H2,(H2,7,8)(H,9,10);4,6H,1-3H2,(H,7,8);2*1,3H2,(H,4,5)/t2*3-;4-;;/m000../s1. The molecule has 0 aromatic heterocycles. The quantitative estimate of drug-likeness (QED) is 0.113. The Morgan fingerprint density at radius 2 is 1.03 bits per heavy atom. The van der Waals surface area contributed by atoms with Crippen LogP contribution in [0.1, 0.15) is 38.5 Å². The monoisotopic (exact) mass is 557 g/mol. The van der Waals surface area contributed by atoms with E-state index in [1.54, 1.807) is 0 Å². The molecule has 0 radical (unpaired) electrons. The van der Waals surface area contributed by atoms with E-state index in [1.165, 1.54) is 0 Å². The minimum absolute atomic E-state index is 0.0213. The lowest BCUT2D eigenvalue weighted by Crippen LogP contribution is -2.31. The van der Waals surface area contributed by atoms with Crippen molar-refractivity contribution in [3.63, 3.8) is 0 Å². The molecule has 0 spiro atoms. The Balaban J connectivity index is -0.000000196. The molecule has 19 nitrogen and oxygen atoms in total. The molecular formula is C19H39N7O12. The number of carboxylic acid groups (broad SMARTS) is 5. The Morgan fingerprint density at radius 3 is 1.16 bits per heavy atom. The number of amides is 2. The van der Waals surface area contributed by atoms with Gasteiger partial charge in [-0.05, 0) is 32.2 Å². The van der Waals surface area contributed by atoms with Gasteiger partial charge in [-0.3, -0.25) is 33.6 Å². The molecule has 0 saturated carbocycles. The van der Waals surface area contributed by atoms with Crippen molar-refractivity contribution in [2.75, 3.05) is 19.6 Å². The van der Waals surface area contributed by atoms with E-state index in [4.69, 9.17) is 48.5 Å². The Hall–Kier alpha value is -3.91. The smallest absolute Gasteiger partial charge is 0.320 e. The fourth-order valence-electron chi connectivity index (χ4n) is 1.74. The number of primary amides is 2. The highest BCUT2D eigenvalue weighted by Crippen LogP contribution is 2.03. The maximum Gasteiger partial charge on any atom is 0.320 e. The lowest BCUT2D eigenvalue weighted by molar-refractivity contribution is -0.139. The second-order valence-corrected chi connectivity index (χ2v) is 7.08. The summed E-state index contributed by atoms with van der Waals surface area (Å²) in [5.41, 5.74) is 28.8. The second kappa shape index (κ2) is 26.2. The number of carbonyl (C=O) groups excluding carboxylic acids is 2. The molecule has 18 N–H and O–H groups in total. The zero-order valence-electron chi connectivity index (χ0n) is 20.7. The van der Waals surface area contributed by atoms with E-state index < -0.39 is 53.7 Å². The van der Waals surface area contributed by atoms with Crippen molar-refractivity contribution in [2.45, 2.75) is 56.7 Å². The third-order valence-corrected chi connectivity index (χ3v) is 3.75. The molecule has 222 valence electrons. The van der Waals surface area contributed by atoms with E-state index in [0.717, 1.165) is 19.4 Å². The molecule has 0 aromatic rings. The van der Waals surface area contributed by atoms with Crippen LogP contribution in [0.25, 0.3) is 0 Å². The summed E-state index contributed by atoms with van der Waals surface area (Å²) in [5.74, 6) is -5.94. The van der Waals surface area contributed by atoms with Gasteiger partial charge in [0.2, 0.25) is 11.8 Å². The molecular weight excluding hydrogens is 518 g/mol. The number of hydrogen-bond acceptors (Lipinski definition) is 12. The zero-order valence-corrected chi connectivity index (χ0v) is 20.7. The van der Waals surface area contributed by atoms with Crippen molar-refractivity contribution in [2.24, 2.45) is 34.4 Å². The van der Waals surface area contributed by atoms with Crippen molar-refractivity contribution >= 4 is 41.7 Å². The molecule has 1 aliphatic heterocycles. The molecule has 0 aromatic carbocycles. The van der Waals surface area contributed by atoms with Gasteiger partial charge in [-0.25, -0.2) is 0 Å². The largest absolute Gasteiger partial charge is 0.480 e. The predicted octanol–water partition coefficient (Wildman–Crippen LogP) is -4.79. The van der Waals surface area contributed by atoms with Crippen molar-refractivity contribution in [1.82, 2.24) is 5.32 Å². The van der Waals surface area contributed by atoms with Gasteiger partial charge in [0.1, 0.15) is 18.1 Å². The van der Waals surface area contributed by atoms with Crippen molar-refractivity contribution in [3.05, 3.63) is 0 Å². The molecule has 3 atom stereocenters. The van der Waals surface area contributed by atoms with Crippen LogP contribution in [0.3, 0.4) is 0 Å². The first-order valence-electron chi connectivity index (χ1n) is 10.8. The normalized spacial score (nSPS) is 14.5. The van der Waals surface area contributed by atoms with Crippen molar-refractivity contribution in [1.29, 1.82) is 0 Å². The van der Waals surface area contributed by atoms with Crippen LogP contribution < -0.4 is 39.7 Å². The van der Waals surface area contributed by atoms with Gasteiger partial charge in [-0.1, -0.05) is 0 Å². The van der Waals surface area contributed by atoms with Gasteiger partial charge < -0.3 is 65.3 Å². The number of aliphatic carboxylic acids is 5. The Labute approximate surface area is 217 Å². The summed E-state index contributed by atoms with van der Waals surface area (Å²) in [4.78, 5) is 68.9. The number of nitrogens with one attached hydrogen (secondary N) is 1. The van der Waals surface area contributed by atoms with E-state index >= 15 is 0 Å². The van der Waals surface area contributed by atoms with E-state index in [1.807, 2.05) is 0 Å². The summed E-state index contributed by atoms with van der Waals surface area (Å²) >= 11 is 0. The Morgan fingerprint density at radius 1 is 0.711 bits per heavy atom. The van der Waals surface area contributed by atoms with Gasteiger partial charge in [-0.2, -0.15) is 0 Å². The highest BCUT2D eigenvalue weighted by Gasteiger charge is 2.20. The van der Waals surface area contributed by atoms with Crippen LogP contribution in [0.5, 0.6) is 0 Å². The van der Waals surface area contributed by atoms with Crippen LogP contribution in [0.15, 0.2) is 0 Å². The third-order valence-electron chi connectivity index (χ3n) is 3.75. The van der Waals surface area contributed by atoms with Gasteiger partial charge in [0, 0.05) is 12.8 Å². The summed E-state index contributed by atoms with van der Waals surface area (Å²) in [6.07, 6.45) is 2.03. The first-order valence-corrected chi connectivity index (χ1v) is 10.8. The van der Waals surface area contributed by atoms with Crippen LogP contribution in [0.4, 0.5) is 0 Å². The molecule has 0 bridgehead atoms. The van der Waals surface area contributed by atoms with Gasteiger partial charge in [0.25, 0.3) is 0 Å². The molecule has 0 unspecified atom stereocenters. The first-order chi connectivity index (χ1) is 17.4. The lowest BCUT2D eigenvalue weighted by Gasteiger charge is -2.01. The molecule has 0 aliphatic carbocycles. The third kappa shape index (κ3) is 36.7. The molecule has 1 aliphatic rings. The summed E-state index contributed by atoms with van der Waals surface area (Å²) in [7, 11) is 0. The Kier molecular flexibility index (Phi) is 28.4. The summed E-state index contributed by atoms with van der Waals surface area (Å²) < 4.78 is 0. The van der Waals surface area contributed by atoms with E-state index in [0.29, 0.717) is 0 Å².